The highest BCUT2D eigenvalue weighted by Crippen LogP contribution is 2.18. The molecule has 0 bridgehead atoms. The van der Waals surface area contributed by atoms with Gasteiger partial charge in [-0.05, 0) is 30.7 Å². The molecule has 1 aliphatic rings. The molecule has 0 saturated heterocycles. The molecular formula is C15H19N3O2S. The molecule has 0 spiro atoms. The van der Waals surface area contributed by atoms with Gasteiger partial charge < -0.3 is 16.4 Å². The molecule has 0 aliphatic heterocycles. The van der Waals surface area contributed by atoms with Crippen molar-refractivity contribution in [2.24, 2.45) is 5.73 Å². The summed E-state index contributed by atoms with van der Waals surface area (Å²) in [7, 11) is 0. The van der Waals surface area contributed by atoms with Crippen molar-refractivity contribution >= 4 is 23.2 Å². The van der Waals surface area contributed by atoms with Gasteiger partial charge in [-0.25, -0.2) is 0 Å². The lowest BCUT2D eigenvalue weighted by atomic mass is 10.2. The van der Waals surface area contributed by atoms with Crippen molar-refractivity contribution in [2.45, 2.75) is 31.7 Å². The van der Waals surface area contributed by atoms with Gasteiger partial charge in [-0.1, -0.05) is 11.8 Å². The number of thiophene rings is 1. The third kappa shape index (κ3) is 5.21. The smallest absolute Gasteiger partial charge is 0.262 e. The van der Waals surface area contributed by atoms with Crippen molar-refractivity contribution in [3.63, 3.8) is 0 Å². The van der Waals surface area contributed by atoms with Crippen LogP contribution in [0.5, 0.6) is 0 Å². The molecule has 1 heterocycles. The first-order valence-corrected chi connectivity index (χ1v) is 7.92. The Morgan fingerprint density at radius 1 is 1.43 bits per heavy atom. The number of hydrogen-bond donors (Lipinski definition) is 3. The maximum Gasteiger partial charge on any atom is 0.262 e. The molecule has 4 N–H and O–H groups in total. The molecule has 112 valence electrons. The lowest BCUT2D eigenvalue weighted by molar-refractivity contribution is -0.121. The van der Waals surface area contributed by atoms with Crippen molar-refractivity contribution in [3.8, 4) is 11.8 Å². The average Bonchev–Trinajstić information content (AvgIpc) is 3.15. The Morgan fingerprint density at radius 3 is 2.95 bits per heavy atom. The molecule has 5 nitrogen and oxygen atoms in total. The normalized spacial score (nSPS) is 13.2. The number of amides is 2. The molecule has 0 radical (unpaired) electrons. The summed E-state index contributed by atoms with van der Waals surface area (Å²) in [5.41, 5.74) is 6.03. The quantitative estimate of drug-likeness (QED) is 0.538. The fraction of sp³-hybridized carbons (Fsp3) is 0.467. The number of rotatable bonds is 6. The van der Waals surface area contributed by atoms with Gasteiger partial charge >= 0.3 is 0 Å². The Morgan fingerprint density at radius 2 is 2.24 bits per heavy atom. The van der Waals surface area contributed by atoms with Gasteiger partial charge in [0.2, 0.25) is 5.91 Å². The zero-order valence-corrected chi connectivity index (χ0v) is 12.6. The van der Waals surface area contributed by atoms with E-state index in [1.807, 2.05) is 11.4 Å². The van der Waals surface area contributed by atoms with Crippen LogP contribution in [0.2, 0.25) is 0 Å². The summed E-state index contributed by atoms with van der Waals surface area (Å²) in [4.78, 5) is 24.1. The van der Waals surface area contributed by atoms with E-state index in [0.717, 1.165) is 12.8 Å². The van der Waals surface area contributed by atoms with Gasteiger partial charge in [-0.3, -0.25) is 9.59 Å². The summed E-state index contributed by atoms with van der Waals surface area (Å²) >= 11 is 1.35. The Balaban J connectivity index is 1.71. The van der Waals surface area contributed by atoms with Crippen LogP contribution in [-0.2, 0) is 4.79 Å². The number of nitrogens with one attached hydrogen (secondary N) is 2. The van der Waals surface area contributed by atoms with E-state index in [2.05, 4.69) is 22.5 Å². The molecule has 0 unspecified atom stereocenters. The van der Waals surface area contributed by atoms with Crippen LogP contribution in [0.4, 0.5) is 0 Å². The SMILES string of the molecule is NCC#Cc1ccsc1C(=O)NCCCC(=O)NC1CC1. The fourth-order valence-electron chi connectivity index (χ4n) is 1.79. The summed E-state index contributed by atoms with van der Waals surface area (Å²) in [6.07, 6.45) is 3.27. The van der Waals surface area contributed by atoms with Crippen LogP contribution in [0.15, 0.2) is 11.4 Å². The van der Waals surface area contributed by atoms with Crippen molar-refractivity contribution in [2.75, 3.05) is 13.1 Å². The molecule has 21 heavy (non-hydrogen) atoms. The van der Waals surface area contributed by atoms with E-state index in [9.17, 15) is 9.59 Å². The highest BCUT2D eigenvalue weighted by Gasteiger charge is 2.22. The van der Waals surface area contributed by atoms with Gasteiger partial charge in [0.1, 0.15) is 4.88 Å². The fourth-order valence-corrected chi connectivity index (χ4v) is 2.55. The second kappa shape index (κ2) is 7.81. The summed E-state index contributed by atoms with van der Waals surface area (Å²) in [5.74, 6) is 5.55. The van der Waals surface area contributed by atoms with Crippen LogP contribution in [0.25, 0.3) is 0 Å². The second-order valence-electron chi connectivity index (χ2n) is 4.87. The van der Waals surface area contributed by atoms with Crippen molar-refractivity contribution in [1.29, 1.82) is 0 Å². The van der Waals surface area contributed by atoms with Crippen LogP contribution in [-0.4, -0.2) is 30.9 Å². The highest BCUT2D eigenvalue weighted by molar-refractivity contribution is 7.12. The Bertz CT molecular complexity index is 567. The summed E-state index contributed by atoms with van der Waals surface area (Å²) < 4.78 is 0. The molecule has 1 aromatic heterocycles. The third-order valence-corrected chi connectivity index (χ3v) is 3.92. The van der Waals surface area contributed by atoms with E-state index >= 15 is 0 Å². The maximum atomic E-state index is 12.0. The van der Waals surface area contributed by atoms with Crippen LogP contribution in [0, 0.1) is 11.8 Å². The number of carbonyl (C=O) groups is 2. The summed E-state index contributed by atoms with van der Waals surface area (Å²) in [6, 6.07) is 2.20. The number of nitrogens with two attached hydrogens (primary N) is 1. The lowest BCUT2D eigenvalue weighted by Gasteiger charge is -2.05. The minimum absolute atomic E-state index is 0.0670. The first kappa shape index (κ1) is 15.5. The zero-order chi connectivity index (χ0) is 15.1. The highest BCUT2D eigenvalue weighted by atomic mass is 32.1. The molecule has 2 rings (SSSR count). The molecule has 0 aromatic carbocycles. The van der Waals surface area contributed by atoms with E-state index in [1.165, 1.54) is 11.3 Å². The summed E-state index contributed by atoms with van der Waals surface area (Å²) in [6.45, 7) is 0.756. The third-order valence-electron chi connectivity index (χ3n) is 3.01. The zero-order valence-electron chi connectivity index (χ0n) is 11.8. The molecule has 2 amide bonds. The molecule has 6 heteroatoms. The molecular weight excluding hydrogens is 286 g/mol. The Labute approximate surface area is 128 Å². The first-order valence-electron chi connectivity index (χ1n) is 7.04. The van der Waals surface area contributed by atoms with Crippen molar-refractivity contribution in [1.82, 2.24) is 10.6 Å². The maximum absolute atomic E-state index is 12.0. The van der Waals surface area contributed by atoms with Gasteiger partial charge in [-0.15, -0.1) is 11.3 Å². The topological polar surface area (TPSA) is 84.2 Å². The van der Waals surface area contributed by atoms with Crippen LogP contribution in [0.1, 0.15) is 40.9 Å². The van der Waals surface area contributed by atoms with E-state index < -0.39 is 0 Å². The van der Waals surface area contributed by atoms with E-state index in [1.54, 1.807) is 0 Å². The van der Waals surface area contributed by atoms with E-state index in [-0.39, 0.29) is 18.4 Å². The molecule has 1 fully saturated rings. The first-order chi connectivity index (χ1) is 10.2. The average molecular weight is 305 g/mol. The molecule has 1 aromatic rings. The van der Waals surface area contributed by atoms with Crippen molar-refractivity contribution < 1.29 is 9.59 Å². The van der Waals surface area contributed by atoms with Gasteiger partial charge in [0.15, 0.2) is 0 Å². The van der Waals surface area contributed by atoms with Crippen LogP contribution >= 0.6 is 11.3 Å². The summed E-state index contributed by atoms with van der Waals surface area (Å²) in [5, 5.41) is 7.57. The second-order valence-corrected chi connectivity index (χ2v) is 5.79. The number of carbonyl (C=O) groups excluding carboxylic acids is 2. The Kier molecular flexibility index (Phi) is 5.78. The molecule has 1 saturated carbocycles. The largest absolute Gasteiger partial charge is 0.353 e. The van der Waals surface area contributed by atoms with Gasteiger partial charge in [0.25, 0.3) is 5.91 Å². The van der Waals surface area contributed by atoms with E-state index in [4.69, 9.17) is 5.73 Å². The molecule has 1 aliphatic carbocycles. The monoisotopic (exact) mass is 305 g/mol. The van der Waals surface area contributed by atoms with Gasteiger partial charge in [0, 0.05) is 24.6 Å². The standard InChI is InChI=1S/C15H19N3O2S/c16-8-1-3-11-7-10-21-14(11)15(20)17-9-2-4-13(19)18-12-5-6-12/h7,10,12H,2,4-6,8-9,16H2,(H,17,20)(H,18,19). The van der Waals surface area contributed by atoms with Crippen LogP contribution < -0.4 is 16.4 Å². The predicted octanol–water partition coefficient (Wildman–Crippen LogP) is 0.847. The van der Waals surface area contributed by atoms with Gasteiger partial charge in [0.05, 0.1) is 6.54 Å². The van der Waals surface area contributed by atoms with Gasteiger partial charge in [-0.2, -0.15) is 0 Å². The predicted molar refractivity (Wildman–Crippen MR) is 83.0 cm³/mol. The minimum Gasteiger partial charge on any atom is -0.353 e. The van der Waals surface area contributed by atoms with Crippen LogP contribution in [0.3, 0.4) is 0 Å². The molecule has 0 atom stereocenters. The minimum atomic E-state index is -0.145. The Hall–Kier alpha value is -1.84. The number of hydrogen-bond acceptors (Lipinski definition) is 4. The van der Waals surface area contributed by atoms with Crippen molar-refractivity contribution in [3.05, 3.63) is 21.9 Å². The van der Waals surface area contributed by atoms with E-state index in [0.29, 0.717) is 35.9 Å². The lowest BCUT2D eigenvalue weighted by Crippen LogP contribution is -2.28.